The molecular weight excluding hydrogens is 268 g/mol. The van der Waals surface area contributed by atoms with Crippen LogP contribution in [-0.2, 0) is 4.79 Å². The quantitative estimate of drug-likeness (QED) is 0.643. The first kappa shape index (κ1) is 16.2. The second-order valence-corrected chi connectivity index (χ2v) is 5.86. The molecule has 2 aromatic rings. The Labute approximate surface area is 133 Å². The first-order chi connectivity index (χ1) is 10.6. The van der Waals surface area contributed by atoms with Crippen molar-refractivity contribution in [2.75, 3.05) is 0 Å². The molecule has 0 bridgehead atoms. The van der Waals surface area contributed by atoms with E-state index in [0.29, 0.717) is 6.42 Å². The highest BCUT2D eigenvalue weighted by Gasteiger charge is 2.08. The van der Waals surface area contributed by atoms with Gasteiger partial charge < -0.3 is 0 Å². The number of hydrogen-bond acceptors (Lipinski definition) is 1. The van der Waals surface area contributed by atoms with Gasteiger partial charge >= 0.3 is 0 Å². The molecule has 1 heteroatoms. The normalized spacial score (nSPS) is 10.3. The summed E-state index contributed by atoms with van der Waals surface area (Å²) >= 11 is 0. The van der Waals surface area contributed by atoms with Gasteiger partial charge in [-0.3, -0.25) is 4.79 Å². The van der Waals surface area contributed by atoms with E-state index in [4.69, 9.17) is 0 Å². The van der Waals surface area contributed by atoms with E-state index >= 15 is 0 Å². The SMILES string of the molecule is CCCCC(=O)C=C(c1ccc(C)cc1)c1ccc(C)cc1. The van der Waals surface area contributed by atoms with E-state index in [9.17, 15) is 4.79 Å². The van der Waals surface area contributed by atoms with Crippen LogP contribution in [-0.4, -0.2) is 5.78 Å². The lowest BCUT2D eigenvalue weighted by Crippen LogP contribution is -1.97. The van der Waals surface area contributed by atoms with Crippen molar-refractivity contribution in [3.05, 3.63) is 76.9 Å². The average molecular weight is 292 g/mol. The van der Waals surface area contributed by atoms with Crippen molar-refractivity contribution in [1.29, 1.82) is 0 Å². The van der Waals surface area contributed by atoms with Gasteiger partial charge in [-0.25, -0.2) is 0 Å². The fourth-order valence-electron chi connectivity index (χ4n) is 2.38. The van der Waals surface area contributed by atoms with Crippen molar-refractivity contribution in [1.82, 2.24) is 0 Å². The summed E-state index contributed by atoms with van der Waals surface area (Å²) in [7, 11) is 0. The van der Waals surface area contributed by atoms with E-state index in [0.717, 1.165) is 29.5 Å². The van der Waals surface area contributed by atoms with Gasteiger partial charge in [0.05, 0.1) is 0 Å². The number of allylic oxidation sites excluding steroid dienone is 1. The monoisotopic (exact) mass is 292 g/mol. The molecule has 0 aliphatic heterocycles. The van der Waals surface area contributed by atoms with E-state index in [1.165, 1.54) is 11.1 Å². The van der Waals surface area contributed by atoms with Crippen LogP contribution < -0.4 is 0 Å². The topological polar surface area (TPSA) is 17.1 Å². The number of carbonyl (C=O) groups is 1. The highest BCUT2D eigenvalue weighted by molar-refractivity contribution is 6.00. The Hall–Kier alpha value is -2.15. The minimum atomic E-state index is 0.206. The molecule has 0 radical (unpaired) electrons. The summed E-state index contributed by atoms with van der Waals surface area (Å²) in [5.41, 5.74) is 5.66. The van der Waals surface area contributed by atoms with Gasteiger partial charge in [-0.05, 0) is 43.0 Å². The van der Waals surface area contributed by atoms with Gasteiger partial charge in [0.1, 0.15) is 0 Å². The van der Waals surface area contributed by atoms with Gasteiger partial charge in [-0.2, -0.15) is 0 Å². The predicted octanol–water partition coefficient (Wildman–Crippen LogP) is 5.49. The van der Waals surface area contributed by atoms with Crippen LogP contribution in [0.2, 0.25) is 0 Å². The summed E-state index contributed by atoms with van der Waals surface area (Å²) < 4.78 is 0. The molecule has 114 valence electrons. The van der Waals surface area contributed by atoms with Crippen LogP contribution in [0.15, 0.2) is 54.6 Å². The Balaban J connectivity index is 2.40. The highest BCUT2D eigenvalue weighted by atomic mass is 16.1. The third kappa shape index (κ3) is 4.42. The van der Waals surface area contributed by atoms with E-state index < -0.39 is 0 Å². The van der Waals surface area contributed by atoms with Crippen LogP contribution in [0.25, 0.3) is 5.57 Å². The maximum Gasteiger partial charge on any atom is 0.156 e. The lowest BCUT2D eigenvalue weighted by Gasteiger charge is -2.09. The van der Waals surface area contributed by atoms with Gasteiger partial charge in [0.15, 0.2) is 5.78 Å². The van der Waals surface area contributed by atoms with Crippen molar-refractivity contribution in [2.45, 2.75) is 40.0 Å². The summed E-state index contributed by atoms with van der Waals surface area (Å²) in [6.07, 6.45) is 4.43. The molecule has 0 aliphatic rings. The third-order valence-electron chi connectivity index (χ3n) is 3.81. The molecule has 1 nitrogen and oxygen atoms in total. The molecule has 0 atom stereocenters. The number of benzene rings is 2. The maximum atomic E-state index is 12.2. The van der Waals surface area contributed by atoms with E-state index in [-0.39, 0.29) is 5.78 Å². The average Bonchev–Trinajstić information content (AvgIpc) is 2.52. The van der Waals surface area contributed by atoms with Crippen molar-refractivity contribution in [2.24, 2.45) is 0 Å². The minimum Gasteiger partial charge on any atom is -0.295 e. The largest absolute Gasteiger partial charge is 0.295 e. The van der Waals surface area contributed by atoms with Crippen LogP contribution in [0, 0.1) is 13.8 Å². The summed E-state index contributed by atoms with van der Waals surface area (Å²) in [6.45, 7) is 6.26. The molecule has 22 heavy (non-hydrogen) atoms. The fourth-order valence-corrected chi connectivity index (χ4v) is 2.38. The van der Waals surface area contributed by atoms with Crippen molar-refractivity contribution in [3.8, 4) is 0 Å². The highest BCUT2D eigenvalue weighted by Crippen LogP contribution is 2.24. The molecular formula is C21H24O. The number of hydrogen-bond donors (Lipinski definition) is 0. The molecule has 0 amide bonds. The summed E-state index contributed by atoms with van der Waals surface area (Å²) in [6, 6.07) is 16.7. The van der Waals surface area contributed by atoms with Gasteiger partial charge in [0.25, 0.3) is 0 Å². The molecule has 2 rings (SSSR count). The molecule has 0 unspecified atom stereocenters. The smallest absolute Gasteiger partial charge is 0.156 e. The Morgan fingerprint density at radius 2 is 1.32 bits per heavy atom. The van der Waals surface area contributed by atoms with E-state index in [2.05, 4.69) is 69.3 Å². The Bertz CT molecular complexity index is 598. The number of aryl methyl sites for hydroxylation is 2. The minimum absolute atomic E-state index is 0.206. The molecule has 2 aromatic carbocycles. The number of carbonyl (C=O) groups excluding carboxylic acids is 1. The lowest BCUT2D eigenvalue weighted by molar-refractivity contribution is -0.114. The fraction of sp³-hybridized carbons (Fsp3) is 0.286. The molecule has 0 aromatic heterocycles. The van der Waals surface area contributed by atoms with Crippen LogP contribution >= 0.6 is 0 Å². The Morgan fingerprint density at radius 3 is 1.73 bits per heavy atom. The number of ketones is 1. The first-order valence-corrected chi connectivity index (χ1v) is 7.98. The van der Waals surface area contributed by atoms with Crippen LogP contribution in [0.4, 0.5) is 0 Å². The van der Waals surface area contributed by atoms with Gasteiger partial charge in [-0.1, -0.05) is 73.0 Å². The number of unbranched alkanes of at least 4 members (excludes halogenated alkanes) is 1. The van der Waals surface area contributed by atoms with Crippen molar-refractivity contribution in [3.63, 3.8) is 0 Å². The van der Waals surface area contributed by atoms with Gasteiger partial charge in [-0.15, -0.1) is 0 Å². The van der Waals surface area contributed by atoms with Crippen molar-refractivity contribution < 1.29 is 4.79 Å². The summed E-state index contributed by atoms with van der Waals surface area (Å²) in [5.74, 6) is 0.206. The Morgan fingerprint density at radius 1 is 0.864 bits per heavy atom. The third-order valence-corrected chi connectivity index (χ3v) is 3.81. The van der Waals surface area contributed by atoms with E-state index in [1.54, 1.807) is 0 Å². The second kappa shape index (κ2) is 7.74. The predicted molar refractivity (Wildman–Crippen MR) is 94.0 cm³/mol. The zero-order valence-corrected chi connectivity index (χ0v) is 13.7. The van der Waals surface area contributed by atoms with Gasteiger partial charge in [0.2, 0.25) is 0 Å². The molecule has 0 aliphatic carbocycles. The summed E-state index contributed by atoms with van der Waals surface area (Å²) in [5, 5.41) is 0. The second-order valence-electron chi connectivity index (χ2n) is 5.86. The number of rotatable bonds is 6. The summed E-state index contributed by atoms with van der Waals surface area (Å²) in [4.78, 5) is 12.2. The van der Waals surface area contributed by atoms with Gasteiger partial charge in [0, 0.05) is 6.42 Å². The van der Waals surface area contributed by atoms with E-state index in [1.807, 2.05) is 6.08 Å². The molecule has 0 saturated heterocycles. The van der Waals surface area contributed by atoms with Crippen LogP contribution in [0.1, 0.15) is 48.4 Å². The maximum absolute atomic E-state index is 12.2. The molecule has 0 spiro atoms. The zero-order chi connectivity index (χ0) is 15.9. The zero-order valence-electron chi connectivity index (χ0n) is 13.7. The molecule has 0 N–H and O–H groups in total. The molecule has 0 saturated carbocycles. The van der Waals surface area contributed by atoms with Crippen LogP contribution in [0.5, 0.6) is 0 Å². The standard InChI is InChI=1S/C21H24O/c1-4-5-6-20(22)15-21(18-11-7-16(2)8-12-18)19-13-9-17(3)10-14-19/h7-15H,4-6H2,1-3H3. The molecule has 0 fully saturated rings. The first-order valence-electron chi connectivity index (χ1n) is 7.98. The lowest BCUT2D eigenvalue weighted by atomic mass is 9.94. The Kier molecular flexibility index (Phi) is 5.71. The molecule has 0 heterocycles. The van der Waals surface area contributed by atoms with Crippen molar-refractivity contribution >= 4 is 11.4 Å². The van der Waals surface area contributed by atoms with Crippen LogP contribution in [0.3, 0.4) is 0 Å².